The van der Waals surface area contributed by atoms with E-state index in [2.05, 4.69) is 5.32 Å². The number of hydrogen-bond acceptors (Lipinski definition) is 4. The second kappa shape index (κ2) is 6.76. The highest BCUT2D eigenvalue weighted by molar-refractivity contribution is 5.79. The minimum atomic E-state index is -1.13. The average molecular weight is 251 g/mol. The lowest BCUT2D eigenvalue weighted by Gasteiger charge is -2.22. The Labute approximate surface area is 106 Å². The standard InChI is InChI=1S/C13H17NO4/c1-3-18-13(17)11(14-8-15)12(16)10-7-5-4-6-9(10)2/h4-8,11-12,16H,3H2,1-2H3,(H,14,15). The van der Waals surface area contributed by atoms with E-state index in [0.717, 1.165) is 5.56 Å². The Bertz CT molecular complexity index is 419. The van der Waals surface area contributed by atoms with Gasteiger partial charge in [0.1, 0.15) is 6.10 Å². The minimum absolute atomic E-state index is 0.191. The first kappa shape index (κ1) is 14.2. The molecule has 1 rings (SSSR count). The number of benzene rings is 1. The van der Waals surface area contributed by atoms with Crippen molar-refractivity contribution in [1.82, 2.24) is 5.32 Å². The zero-order valence-corrected chi connectivity index (χ0v) is 10.4. The molecule has 0 saturated carbocycles. The van der Waals surface area contributed by atoms with Crippen molar-refractivity contribution < 1.29 is 19.4 Å². The minimum Gasteiger partial charge on any atom is -0.464 e. The van der Waals surface area contributed by atoms with Crippen LogP contribution in [0.15, 0.2) is 24.3 Å². The van der Waals surface area contributed by atoms with Crippen LogP contribution in [0.3, 0.4) is 0 Å². The summed E-state index contributed by atoms with van der Waals surface area (Å²) in [6.45, 7) is 3.67. The first-order chi connectivity index (χ1) is 8.61. The summed E-state index contributed by atoms with van der Waals surface area (Å²) in [7, 11) is 0. The fourth-order valence-electron chi connectivity index (χ4n) is 1.69. The number of nitrogens with one attached hydrogen (secondary N) is 1. The Balaban J connectivity index is 2.95. The van der Waals surface area contributed by atoms with Gasteiger partial charge in [-0.2, -0.15) is 0 Å². The molecule has 0 radical (unpaired) electrons. The lowest BCUT2D eigenvalue weighted by atomic mass is 9.98. The molecule has 5 heteroatoms. The molecule has 1 aromatic carbocycles. The van der Waals surface area contributed by atoms with Crippen LogP contribution in [0.1, 0.15) is 24.2 Å². The molecular formula is C13H17NO4. The second-order valence-corrected chi connectivity index (χ2v) is 3.82. The third kappa shape index (κ3) is 3.30. The highest BCUT2D eigenvalue weighted by Crippen LogP contribution is 2.21. The second-order valence-electron chi connectivity index (χ2n) is 3.82. The van der Waals surface area contributed by atoms with Crippen LogP contribution in [0.4, 0.5) is 0 Å². The fraction of sp³-hybridized carbons (Fsp3) is 0.385. The van der Waals surface area contributed by atoms with E-state index >= 15 is 0 Å². The van der Waals surface area contributed by atoms with Crippen LogP contribution in [-0.2, 0) is 14.3 Å². The summed E-state index contributed by atoms with van der Waals surface area (Å²) in [5.41, 5.74) is 1.43. The quantitative estimate of drug-likeness (QED) is 0.576. The van der Waals surface area contributed by atoms with Crippen LogP contribution in [0.5, 0.6) is 0 Å². The molecule has 18 heavy (non-hydrogen) atoms. The maximum absolute atomic E-state index is 11.7. The van der Waals surface area contributed by atoms with Crippen LogP contribution in [0, 0.1) is 6.92 Å². The lowest BCUT2D eigenvalue weighted by Crippen LogP contribution is -2.42. The van der Waals surface area contributed by atoms with E-state index in [4.69, 9.17) is 4.74 Å². The number of amides is 1. The summed E-state index contributed by atoms with van der Waals surface area (Å²) < 4.78 is 4.82. The van der Waals surface area contributed by atoms with Crippen LogP contribution in [0.25, 0.3) is 0 Å². The summed E-state index contributed by atoms with van der Waals surface area (Å²) in [4.78, 5) is 22.2. The van der Waals surface area contributed by atoms with Gasteiger partial charge in [0.2, 0.25) is 6.41 Å². The first-order valence-corrected chi connectivity index (χ1v) is 5.71. The Morgan fingerprint density at radius 1 is 1.50 bits per heavy atom. The summed E-state index contributed by atoms with van der Waals surface area (Å²) in [6.07, 6.45) is -0.751. The number of aliphatic hydroxyl groups excluding tert-OH is 1. The van der Waals surface area contributed by atoms with Crippen LogP contribution in [0.2, 0.25) is 0 Å². The maximum atomic E-state index is 11.7. The van der Waals surface area contributed by atoms with Crippen molar-refractivity contribution >= 4 is 12.4 Å². The van der Waals surface area contributed by atoms with Crippen molar-refractivity contribution in [3.63, 3.8) is 0 Å². The molecule has 0 aliphatic rings. The number of hydrogen-bond donors (Lipinski definition) is 2. The molecule has 2 unspecified atom stereocenters. The highest BCUT2D eigenvalue weighted by atomic mass is 16.5. The van der Waals surface area contributed by atoms with Crippen LogP contribution in [-0.4, -0.2) is 30.1 Å². The van der Waals surface area contributed by atoms with E-state index in [-0.39, 0.29) is 6.61 Å². The lowest BCUT2D eigenvalue weighted by molar-refractivity contribution is -0.149. The Kier molecular flexibility index (Phi) is 5.32. The van der Waals surface area contributed by atoms with Gasteiger partial charge in [-0.1, -0.05) is 24.3 Å². The summed E-state index contributed by atoms with van der Waals surface area (Å²) >= 11 is 0. The number of rotatable bonds is 6. The fourth-order valence-corrected chi connectivity index (χ4v) is 1.69. The first-order valence-electron chi connectivity index (χ1n) is 5.71. The van der Waals surface area contributed by atoms with Gasteiger partial charge in [0.05, 0.1) is 6.61 Å². The molecule has 0 saturated heterocycles. The number of ether oxygens (including phenoxy) is 1. The van der Waals surface area contributed by atoms with Gasteiger partial charge in [0.25, 0.3) is 0 Å². The normalized spacial score (nSPS) is 13.5. The van der Waals surface area contributed by atoms with Gasteiger partial charge in [0.15, 0.2) is 6.04 Å². The van der Waals surface area contributed by atoms with Crippen molar-refractivity contribution in [1.29, 1.82) is 0 Å². The van der Waals surface area contributed by atoms with Crippen LogP contribution >= 0.6 is 0 Å². The molecule has 0 spiro atoms. The smallest absolute Gasteiger partial charge is 0.331 e. The topological polar surface area (TPSA) is 75.6 Å². The number of carbonyl (C=O) groups is 2. The van der Waals surface area contributed by atoms with Gasteiger partial charge in [-0.15, -0.1) is 0 Å². The summed E-state index contributed by atoms with van der Waals surface area (Å²) in [5.74, 6) is -0.652. The van der Waals surface area contributed by atoms with Gasteiger partial charge >= 0.3 is 5.97 Å². The van der Waals surface area contributed by atoms with Crippen molar-refractivity contribution in [2.45, 2.75) is 26.0 Å². The van der Waals surface area contributed by atoms with E-state index in [9.17, 15) is 14.7 Å². The molecule has 0 aliphatic carbocycles. The van der Waals surface area contributed by atoms with Gasteiger partial charge in [0, 0.05) is 0 Å². The number of aryl methyl sites for hydroxylation is 1. The molecule has 98 valence electrons. The molecule has 0 aromatic heterocycles. The molecule has 2 N–H and O–H groups in total. The average Bonchev–Trinajstić information content (AvgIpc) is 2.36. The molecule has 0 aliphatic heterocycles. The van der Waals surface area contributed by atoms with Gasteiger partial charge in [-0.05, 0) is 25.0 Å². The predicted octanol–water partition coefficient (Wildman–Crippen LogP) is 0.706. The number of carbonyl (C=O) groups excluding carboxylic acids is 2. The molecule has 1 amide bonds. The predicted molar refractivity (Wildman–Crippen MR) is 65.8 cm³/mol. The molecule has 5 nitrogen and oxygen atoms in total. The third-order valence-corrected chi connectivity index (χ3v) is 2.61. The van der Waals surface area contributed by atoms with E-state index in [1.807, 2.05) is 19.1 Å². The highest BCUT2D eigenvalue weighted by Gasteiger charge is 2.29. The van der Waals surface area contributed by atoms with Gasteiger partial charge in [-0.25, -0.2) is 4.79 Å². The van der Waals surface area contributed by atoms with Crippen molar-refractivity contribution in [3.8, 4) is 0 Å². The Hall–Kier alpha value is -1.88. The van der Waals surface area contributed by atoms with E-state index in [1.165, 1.54) is 0 Å². The van der Waals surface area contributed by atoms with E-state index < -0.39 is 18.1 Å². The SMILES string of the molecule is CCOC(=O)C(NC=O)C(O)c1ccccc1C. The molecule has 2 atom stereocenters. The van der Waals surface area contributed by atoms with Gasteiger partial charge in [-0.3, -0.25) is 4.79 Å². The Morgan fingerprint density at radius 3 is 2.72 bits per heavy atom. The number of aliphatic hydroxyl groups is 1. The monoisotopic (exact) mass is 251 g/mol. The molecule has 0 heterocycles. The van der Waals surface area contributed by atoms with Gasteiger partial charge < -0.3 is 15.2 Å². The Morgan fingerprint density at radius 2 is 2.17 bits per heavy atom. The summed E-state index contributed by atoms with van der Waals surface area (Å²) in [5, 5.41) is 12.5. The van der Waals surface area contributed by atoms with Crippen molar-refractivity contribution in [2.24, 2.45) is 0 Å². The van der Waals surface area contributed by atoms with Crippen molar-refractivity contribution in [3.05, 3.63) is 35.4 Å². The zero-order chi connectivity index (χ0) is 13.5. The molecular weight excluding hydrogens is 234 g/mol. The van der Waals surface area contributed by atoms with Crippen molar-refractivity contribution in [2.75, 3.05) is 6.61 Å². The van der Waals surface area contributed by atoms with E-state index in [0.29, 0.717) is 12.0 Å². The molecule has 1 aromatic rings. The largest absolute Gasteiger partial charge is 0.464 e. The summed E-state index contributed by atoms with van der Waals surface area (Å²) in [6, 6.07) is 6.02. The maximum Gasteiger partial charge on any atom is 0.331 e. The van der Waals surface area contributed by atoms with Crippen LogP contribution < -0.4 is 5.32 Å². The van der Waals surface area contributed by atoms with E-state index in [1.54, 1.807) is 19.1 Å². The third-order valence-electron chi connectivity index (χ3n) is 2.61. The number of esters is 1. The zero-order valence-electron chi connectivity index (χ0n) is 10.4. The molecule has 0 bridgehead atoms. The molecule has 0 fully saturated rings.